The van der Waals surface area contributed by atoms with Gasteiger partial charge in [0, 0.05) is 12.2 Å². The topological polar surface area (TPSA) is 72.9 Å². The highest BCUT2D eigenvalue weighted by atomic mass is 35.5. The van der Waals surface area contributed by atoms with E-state index < -0.39 is 17.3 Å². The minimum Gasteiger partial charge on any atom is -0.461 e. The highest BCUT2D eigenvalue weighted by Gasteiger charge is 2.18. The fraction of sp³-hybridized carbons (Fsp3) is 0.462. The highest BCUT2D eigenvalue weighted by Crippen LogP contribution is 2.02. The van der Waals surface area contributed by atoms with Gasteiger partial charge < -0.3 is 14.4 Å². The van der Waals surface area contributed by atoms with Crippen LogP contribution >= 0.6 is 11.6 Å². The summed E-state index contributed by atoms with van der Waals surface area (Å²) in [4.78, 5) is 34.9. The van der Waals surface area contributed by atoms with Crippen LogP contribution in [0.4, 0.5) is 0 Å². The lowest BCUT2D eigenvalue weighted by atomic mass is 10.3. The molecule has 0 radical (unpaired) electrons. The first-order valence-electron chi connectivity index (χ1n) is 5.93. The van der Waals surface area contributed by atoms with Crippen molar-refractivity contribution in [1.82, 2.24) is 4.90 Å². The second-order valence-electron chi connectivity index (χ2n) is 3.68. The molecule has 0 rings (SSSR count). The fourth-order valence-electron chi connectivity index (χ4n) is 1.21. The Morgan fingerprint density at radius 2 is 1.50 bits per heavy atom. The number of carbonyl (C=O) groups is 3. The molecule has 0 bridgehead atoms. The van der Waals surface area contributed by atoms with Crippen LogP contribution in [-0.4, -0.2) is 54.4 Å². The number of nitrogens with zero attached hydrogens (tertiary/aromatic N) is 1. The molecule has 0 aromatic rings. The third-order valence-electron chi connectivity index (χ3n) is 2.20. The predicted molar refractivity (Wildman–Crippen MR) is 74.2 cm³/mol. The molecule has 0 aromatic heterocycles. The van der Waals surface area contributed by atoms with Crippen LogP contribution in [0.2, 0.25) is 0 Å². The van der Waals surface area contributed by atoms with E-state index in [9.17, 15) is 14.4 Å². The highest BCUT2D eigenvalue weighted by molar-refractivity contribution is 6.30. The van der Waals surface area contributed by atoms with E-state index in [0.29, 0.717) is 0 Å². The summed E-state index contributed by atoms with van der Waals surface area (Å²) in [6.45, 7) is 8.37. The van der Waals surface area contributed by atoms with Crippen molar-refractivity contribution in [1.29, 1.82) is 0 Å². The molecule has 0 aromatic carbocycles. The van der Waals surface area contributed by atoms with Gasteiger partial charge in [-0.2, -0.15) is 0 Å². The maximum Gasteiger partial charge on any atom is 0.330 e. The zero-order valence-corrected chi connectivity index (χ0v) is 12.1. The number of esters is 2. The van der Waals surface area contributed by atoms with Crippen molar-refractivity contribution >= 4 is 29.4 Å². The second kappa shape index (κ2) is 10.0. The van der Waals surface area contributed by atoms with Crippen molar-refractivity contribution in [2.75, 3.05) is 26.3 Å². The molecule has 0 heterocycles. The van der Waals surface area contributed by atoms with Gasteiger partial charge in [-0.15, -0.1) is 11.6 Å². The number of amides is 1. The molecular formula is C13H18ClNO5. The molecule has 1 unspecified atom stereocenters. The van der Waals surface area contributed by atoms with E-state index in [1.807, 2.05) is 0 Å². The standard InChI is InChI=1S/C13H18ClNO5/c1-4-11(16)19-8-6-15(13(18)10(3)14)7-9-20-12(17)5-2/h4-5,10H,1-2,6-9H2,3H3. The average molecular weight is 304 g/mol. The van der Waals surface area contributed by atoms with Crippen LogP contribution in [0.25, 0.3) is 0 Å². The molecule has 0 spiro atoms. The third kappa shape index (κ3) is 7.58. The molecule has 1 atom stereocenters. The van der Waals surface area contributed by atoms with Gasteiger partial charge in [-0.3, -0.25) is 4.79 Å². The number of halogens is 1. The van der Waals surface area contributed by atoms with E-state index >= 15 is 0 Å². The van der Waals surface area contributed by atoms with Gasteiger partial charge in [0.15, 0.2) is 0 Å². The molecule has 0 aliphatic heterocycles. The lowest BCUT2D eigenvalue weighted by Crippen LogP contribution is -2.40. The SMILES string of the molecule is C=CC(=O)OCCN(CCOC(=O)C=C)C(=O)C(C)Cl. The molecule has 0 aliphatic rings. The van der Waals surface area contributed by atoms with Gasteiger partial charge in [0.05, 0.1) is 13.1 Å². The van der Waals surface area contributed by atoms with Crippen molar-refractivity contribution in [2.24, 2.45) is 0 Å². The van der Waals surface area contributed by atoms with Gasteiger partial charge in [0.2, 0.25) is 5.91 Å². The number of alkyl halides is 1. The molecule has 0 fully saturated rings. The summed E-state index contributed by atoms with van der Waals surface area (Å²) in [5, 5.41) is -0.722. The smallest absolute Gasteiger partial charge is 0.330 e. The number of carbonyl (C=O) groups excluding carboxylic acids is 3. The molecule has 0 aliphatic carbocycles. The molecule has 112 valence electrons. The summed E-state index contributed by atoms with van der Waals surface area (Å²) in [6, 6.07) is 0. The normalized spacial score (nSPS) is 11.1. The number of rotatable bonds is 9. The third-order valence-corrected chi connectivity index (χ3v) is 2.38. The Bertz CT molecular complexity index is 355. The predicted octanol–water partition coefficient (Wildman–Crippen LogP) is 0.901. The Labute approximate surface area is 123 Å². The van der Waals surface area contributed by atoms with Crippen LogP contribution in [0.3, 0.4) is 0 Å². The average Bonchev–Trinajstić information content (AvgIpc) is 2.43. The quantitative estimate of drug-likeness (QED) is 0.359. The van der Waals surface area contributed by atoms with E-state index in [1.54, 1.807) is 0 Å². The van der Waals surface area contributed by atoms with Gasteiger partial charge in [-0.1, -0.05) is 13.2 Å². The van der Waals surface area contributed by atoms with E-state index in [4.69, 9.17) is 21.1 Å². The summed E-state index contributed by atoms with van der Waals surface area (Å²) in [7, 11) is 0. The zero-order chi connectivity index (χ0) is 15.5. The largest absolute Gasteiger partial charge is 0.461 e. The van der Waals surface area contributed by atoms with Crippen molar-refractivity contribution in [3.63, 3.8) is 0 Å². The first-order chi connectivity index (χ1) is 9.42. The lowest BCUT2D eigenvalue weighted by Gasteiger charge is -2.23. The monoisotopic (exact) mass is 303 g/mol. The van der Waals surface area contributed by atoms with Crippen molar-refractivity contribution < 1.29 is 23.9 Å². The van der Waals surface area contributed by atoms with E-state index in [2.05, 4.69) is 13.2 Å². The molecule has 7 heteroatoms. The molecule has 20 heavy (non-hydrogen) atoms. The minimum atomic E-state index is -0.722. The second-order valence-corrected chi connectivity index (χ2v) is 4.34. The minimum absolute atomic E-state index is 0.00953. The van der Waals surface area contributed by atoms with Gasteiger partial charge in [-0.05, 0) is 6.92 Å². The Balaban J connectivity index is 4.30. The van der Waals surface area contributed by atoms with E-state index in [1.165, 1.54) is 11.8 Å². The van der Waals surface area contributed by atoms with Gasteiger partial charge in [0.25, 0.3) is 0 Å². The van der Waals surface area contributed by atoms with Crippen molar-refractivity contribution in [3.05, 3.63) is 25.3 Å². The summed E-state index contributed by atoms with van der Waals surface area (Å²) in [5.41, 5.74) is 0. The van der Waals surface area contributed by atoms with Crippen LogP contribution in [0, 0.1) is 0 Å². The maximum absolute atomic E-state index is 11.8. The maximum atomic E-state index is 11.8. The first-order valence-corrected chi connectivity index (χ1v) is 6.37. The van der Waals surface area contributed by atoms with Crippen molar-refractivity contribution in [2.45, 2.75) is 12.3 Å². The summed E-state index contributed by atoms with van der Waals surface area (Å²) >= 11 is 5.72. The first kappa shape index (κ1) is 18.2. The van der Waals surface area contributed by atoms with Crippen LogP contribution in [0.5, 0.6) is 0 Å². The van der Waals surface area contributed by atoms with Crippen LogP contribution < -0.4 is 0 Å². The number of ether oxygens (including phenoxy) is 2. The molecule has 1 amide bonds. The Kier molecular flexibility index (Phi) is 9.11. The van der Waals surface area contributed by atoms with Crippen LogP contribution in [-0.2, 0) is 23.9 Å². The summed E-state index contributed by atoms with van der Waals surface area (Å²) in [6.07, 6.45) is 2.06. The van der Waals surface area contributed by atoms with E-state index in [0.717, 1.165) is 12.2 Å². The molecule has 0 saturated carbocycles. The van der Waals surface area contributed by atoms with Gasteiger partial charge >= 0.3 is 11.9 Å². The van der Waals surface area contributed by atoms with Crippen LogP contribution in [0.15, 0.2) is 25.3 Å². The zero-order valence-electron chi connectivity index (χ0n) is 11.3. The van der Waals surface area contributed by atoms with Crippen LogP contribution in [0.1, 0.15) is 6.92 Å². The summed E-state index contributed by atoms with van der Waals surface area (Å²) < 4.78 is 9.56. The number of hydrogen-bond donors (Lipinski definition) is 0. The summed E-state index contributed by atoms with van der Waals surface area (Å²) in [5.74, 6) is -1.49. The van der Waals surface area contributed by atoms with Gasteiger partial charge in [0.1, 0.15) is 18.6 Å². The fourth-order valence-corrected chi connectivity index (χ4v) is 1.35. The Morgan fingerprint density at radius 3 is 1.80 bits per heavy atom. The molecule has 0 N–H and O–H groups in total. The number of hydrogen-bond acceptors (Lipinski definition) is 5. The molecule has 0 saturated heterocycles. The Hall–Kier alpha value is -1.82. The molecular weight excluding hydrogens is 286 g/mol. The van der Waals surface area contributed by atoms with Crippen molar-refractivity contribution in [3.8, 4) is 0 Å². The lowest BCUT2D eigenvalue weighted by molar-refractivity contribution is -0.142. The van der Waals surface area contributed by atoms with E-state index in [-0.39, 0.29) is 32.2 Å². The molecule has 6 nitrogen and oxygen atoms in total. The Morgan fingerprint density at radius 1 is 1.10 bits per heavy atom. The van der Waals surface area contributed by atoms with Gasteiger partial charge in [-0.25, -0.2) is 9.59 Å².